The quantitative estimate of drug-likeness (QED) is 0.0268. The molecule has 1 fully saturated rings. The third-order valence-corrected chi connectivity index (χ3v) is 28.2. The molecule has 1 aliphatic rings. The van der Waals surface area contributed by atoms with Gasteiger partial charge in [0.05, 0.1) is 25.4 Å². The molecule has 1 heterocycles. The number of hydrogen-bond acceptors (Lipinski definition) is 10. The van der Waals surface area contributed by atoms with Crippen LogP contribution in [0.3, 0.4) is 0 Å². The Morgan fingerprint density at radius 1 is 0.870 bits per heavy atom. The molecule has 0 amide bonds. The lowest BCUT2D eigenvalue weighted by Gasteiger charge is -2.45. The summed E-state index contributed by atoms with van der Waals surface area (Å²) in [5.41, 5.74) is 2.86. The number of carbonyl (C=O) groups excluding carboxylic acids is 2. The fraction of sp³-hybridized carbons (Fsp3) is 0.636. The van der Waals surface area contributed by atoms with Crippen LogP contribution >= 0.6 is 30.2 Å². The molecule has 0 radical (unpaired) electrons. The second-order valence-electron chi connectivity index (χ2n) is 21.0. The van der Waals surface area contributed by atoms with Gasteiger partial charge in [0.25, 0.3) is 8.32 Å². The average molecular weight is 1120 g/mol. The first-order chi connectivity index (χ1) is 32.5. The van der Waals surface area contributed by atoms with E-state index in [0.717, 1.165) is 24.0 Å². The maximum Gasteiger partial charge on any atom is 0.341 e. The zero-order valence-electron chi connectivity index (χ0n) is 44.9. The van der Waals surface area contributed by atoms with Crippen molar-refractivity contribution >= 4 is 69.1 Å². The van der Waals surface area contributed by atoms with Crippen LogP contribution in [-0.2, 0) is 46.3 Å². The van der Waals surface area contributed by atoms with Crippen molar-refractivity contribution < 1.29 is 46.3 Å². The highest BCUT2D eigenvalue weighted by molar-refractivity contribution is 14.1. The van der Waals surface area contributed by atoms with Gasteiger partial charge in [-0.05, 0) is 93.7 Å². The van der Waals surface area contributed by atoms with Crippen LogP contribution in [-0.4, -0.2) is 86.1 Å². The lowest BCUT2D eigenvalue weighted by atomic mass is 9.87. The van der Waals surface area contributed by atoms with E-state index >= 15 is 0 Å². The molecular formula is C55H88IO10PSi2. The minimum atomic E-state index is -3.73. The molecule has 3 rings (SSSR count). The Labute approximate surface area is 433 Å². The molecule has 0 aromatic heterocycles. The number of allylic oxidation sites excluding steroid dienone is 2. The minimum Gasteiger partial charge on any atom is -0.462 e. The Bertz CT molecular complexity index is 1950. The SMILES string of the molecule is CCOP(=O)(CC(=O)O[C@@H](C[C@H](O[Si](C(C)C)(C(C)C)C(C)C)/C(C)=C/C=C/[C@@H](C)[C@H]1C[C@@H](CCO[Si](c2ccccc2)(c2ccccc2)C(C)(C)C)CC(=O)O1)[C@H](C)[C@@H](OC)/C(C)=C/I)OCC. The Kier molecular flexibility index (Phi) is 25.1. The zero-order chi connectivity index (χ0) is 51.7. The third-order valence-electron chi connectivity index (χ3n) is 14.1. The summed E-state index contributed by atoms with van der Waals surface area (Å²) in [5.74, 6) is -1.06. The average Bonchev–Trinajstić information content (AvgIpc) is 3.28. The van der Waals surface area contributed by atoms with Crippen molar-refractivity contribution in [1.29, 1.82) is 0 Å². The van der Waals surface area contributed by atoms with E-state index in [4.69, 9.17) is 32.1 Å². The van der Waals surface area contributed by atoms with Crippen molar-refractivity contribution in [2.24, 2.45) is 17.8 Å². The second kappa shape index (κ2) is 28.3. The van der Waals surface area contributed by atoms with Gasteiger partial charge >= 0.3 is 19.5 Å². The lowest BCUT2D eigenvalue weighted by Crippen LogP contribution is -2.66. The van der Waals surface area contributed by atoms with Gasteiger partial charge in [-0.2, -0.15) is 0 Å². The highest BCUT2D eigenvalue weighted by Crippen LogP contribution is 2.49. The van der Waals surface area contributed by atoms with Crippen molar-refractivity contribution in [2.45, 2.75) is 176 Å². The van der Waals surface area contributed by atoms with E-state index < -0.39 is 48.6 Å². The van der Waals surface area contributed by atoms with Crippen molar-refractivity contribution in [3.8, 4) is 0 Å². The molecule has 0 bridgehead atoms. The van der Waals surface area contributed by atoms with Gasteiger partial charge in [-0.3, -0.25) is 14.2 Å². The Balaban J connectivity index is 1.97. The number of carbonyl (C=O) groups is 2. The summed E-state index contributed by atoms with van der Waals surface area (Å²) < 4.78 is 59.8. The summed E-state index contributed by atoms with van der Waals surface area (Å²) in [7, 11) is -7.27. The predicted molar refractivity (Wildman–Crippen MR) is 297 cm³/mol. The number of benzene rings is 2. The molecule has 388 valence electrons. The first kappa shape index (κ1) is 61.1. The highest BCUT2D eigenvalue weighted by atomic mass is 127. The molecule has 0 spiro atoms. The highest BCUT2D eigenvalue weighted by Gasteiger charge is 2.51. The molecule has 0 saturated carbocycles. The third kappa shape index (κ3) is 16.4. The zero-order valence-corrected chi connectivity index (χ0v) is 50.0. The van der Waals surface area contributed by atoms with Crippen molar-refractivity contribution in [3.05, 3.63) is 94.1 Å². The molecule has 10 nitrogen and oxygen atoms in total. The fourth-order valence-corrected chi connectivity index (χ4v) is 22.7. The summed E-state index contributed by atoms with van der Waals surface area (Å²) in [5, 5.41) is 2.34. The van der Waals surface area contributed by atoms with Gasteiger partial charge < -0.3 is 32.1 Å². The smallest absolute Gasteiger partial charge is 0.341 e. The maximum absolute atomic E-state index is 13.8. The number of halogens is 1. The van der Waals surface area contributed by atoms with E-state index in [1.807, 2.05) is 17.9 Å². The summed E-state index contributed by atoms with van der Waals surface area (Å²) in [6.45, 7) is 32.9. The van der Waals surface area contributed by atoms with Gasteiger partial charge in [0, 0.05) is 38.4 Å². The number of esters is 2. The molecular weight excluding hydrogens is 1030 g/mol. The Hall–Kier alpha value is -2.21. The van der Waals surface area contributed by atoms with Crippen LogP contribution in [0.15, 0.2) is 94.1 Å². The molecule has 2 aromatic rings. The maximum atomic E-state index is 13.8. The number of ether oxygens (including phenoxy) is 3. The predicted octanol–water partition coefficient (Wildman–Crippen LogP) is 13.5. The fourth-order valence-electron chi connectivity index (χ4n) is 10.7. The summed E-state index contributed by atoms with van der Waals surface area (Å²) >= 11 is 2.21. The normalized spacial score (nSPS) is 19.2. The van der Waals surface area contributed by atoms with Crippen molar-refractivity contribution in [2.75, 3.05) is 33.1 Å². The lowest BCUT2D eigenvalue weighted by molar-refractivity contribution is -0.159. The van der Waals surface area contributed by atoms with Crippen LogP contribution < -0.4 is 10.4 Å². The number of rotatable bonds is 28. The largest absolute Gasteiger partial charge is 0.462 e. The first-order valence-corrected chi connectivity index (χ1v) is 32.3. The Morgan fingerprint density at radius 3 is 1.87 bits per heavy atom. The van der Waals surface area contributed by atoms with Gasteiger partial charge in [-0.15, -0.1) is 0 Å². The summed E-state index contributed by atoms with van der Waals surface area (Å²) in [6, 6.07) is 21.3. The van der Waals surface area contributed by atoms with Gasteiger partial charge in [0.15, 0.2) is 0 Å². The standard InChI is InChI=1S/C55H88IO10PSi2/c1-17-61-67(59,62-18-2)38-53(58)65-51(45(12)54(60-16)44(11)37-56)36-50(66-68(39(3)4,40(5)6)41(7)8)43(10)27-25-26-42(9)49-34-46(35-52(57)64-49)32-33-63-69(55(13,14)15,47-28-21-19-22-29-47)48-30-23-20-24-31-48/h19-31,37,39-42,45-46,49-51,54H,17-18,32-36,38H2,1-16H3/b26-25+,43-27+,44-37+/t42-,45+,46-,49-,50+,51+,54+/m1/s1. The molecule has 69 heavy (non-hydrogen) atoms. The van der Waals surface area contributed by atoms with E-state index in [0.29, 0.717) is 36.1 Å². The second-order valence-corrected chi connectivity index (χ2v) is 33.3. The number of hydrogen-bond donors (Lipinski definition) is 0. The van der Waals surface area contributed by atoms with Crippen molar-refractivity contribution in [3.63, 3.8) is 0 Å². The van der Waals surface area contributed by atoms with Crippen LogP contribution in [0.25, 0.3) is 0 Å². The van der Waals surface area contributed by atoms with Crippen LogP contribution in [0.5, 0.6) is 0 Å². The first-order valence-electron chi connectivity index (χ1n) is 25.3. The van der Waals surface area contributed by atoms with E-state index in [2.05, 4.69) is 178 Å². The summed E-state index contributed by atoms with van der Waals surface area (Å²) in [6.07, 6.45) is 6.24. The van der Waals surface area contributed by atoms with Gasteiger partial charge in [-0.1, -0.05) is 178 Å². The van der Waals surface area contributed by atoms with Crippen molar-refractivity contribution in [1.82, 2.24) is 0 Å². The molecule has 1 aliphatic heterocycles. The van der Waals surface area contributed by atoms with E-state index in [-0.39, 0.29) is 54.2 Å². The number of methoxy groups -OCH3 is 1. The van der Waals surface area contributed by atoms with Crippen LogP contribution in [0.1, 0.15) is 130 Å². The Morgan fingerprint density at radius 2 is 1.41 bits per heavy atom. The topological polar surface area (TPSA) is 116 Å². The molecule has 14 heteroatoms. The minimum absolute atomic E-state index is 0.0566. The van der Waals surface area contributed by atoms with E-state index in [9.17, 15) is 14.2 Å². The van der Waals surface area contributed by atoms with Gasteiger partial charge in [0.1, 0.15) is 18.4 Å². The molecule has 0 aliphatic carbocycles. The van der Waals surface area contributed by atoms with E-state index in [1.165, 1.54) is 10.4 Å². The van der Waals surface area contributed by atoms with Gasteiger partial charge in [-0.25, -0.2) is 0 Å². The van der Waals surface area contributed by atoms with Gasteiger partial charge in [0.2, 0.25) is 8.32 Å². The molecule has 7 atom stereocenters. The summed E-state index contributed by atoms with van der Waals surface area (Å²) in [4.78, 5) is 27.1. The van der Waals surface area contributed by atoms with E-state index in [1.54, 1.807) is 21.0 Å². The van der Waals surface area contributed by atoms with Crippen LogP contribution in [0.2, 0.25) is 21.7 Å². The van der Waals surface area contributed by atoms with Crippen LogP contribution in [0.4, 0.5) is 0 Å². The molecule has 0 N–H and O–H groups in total. The molecule has 0 unspecified atom stereocenters. The number of cyclic esters (lactones) is 1. The van der Waals surface area contributed by atoms with Crippen LogP contribution in [0, 0.1) is 17.8 Å². The monoisotopic (exact) mass is 1120 g/mol. The molecule has 1 saturated heterocycles. The molecule has 2 aromatic carbocycles.